The SMILES string of the molecule is CCn1ccc2c(cc(C(=O)Nc3ccccc3C)n2C)c1=O. The first kappa shape index (κ1) is 15.1. The van der Waals surface area contributed by atoms with Crippen molar-refractivity contribution in [1.29, 1.82) is 0 Å². The second-order valence-electron chi connectivity index (χ2n) is 5.56. The number of amides is 1. The van der Waals surface area contributed by atoms with Gasteiger partial charge in [-0.15, -0.1) is 0 Å². The summed E-state index contributed by atoms with van der Waals surface area (Å²) in [6.45, 7) is 4.47. The lowest BCUT2D eigenvalue weighted by molar-refractivity contribution is 0.101. The largest absolute Gasteiger partial charge is 0.339 e. The first-order valence-electron chi connectivity index (χ1n) is 7.58. The molecule has 1 N–H and O–H groups in total. The van der Waals surface area contributed by atoms with Crippen molar-refractivity contribution in [3.8, 4) is 0 Å². The summed E-state index contributed by atoms with van der Waals surface area (Å²) in [7, 11) is 1.80. The van der Waals surface area contributed by atoms with Gasteiger partial charge in [-0.25, -0.2) is 0 Å². The molecule has 1 amide bonds. The van der Waals surface area contributed by atoms with E-state index < -0.39 is 0 Å². The number of nitrogens with zero attached hydrogens (tertiary/aromatic N) is 2. The third kappa shape index (κ3) is 2.54. The third-order valence-corrected chi connectivity index (χ3v) is 4.15. The molecule has 0 aliphatic rings. The number of carbonyl (C=O) groups excluding carboxylic acids is 1. The van der Waals surface area contributed by atoms with Crippen LogP contribution in [0, 0.1) is 6.92 Å². The van der Waals surface area contributed by atoms with Crippen LogP contribution in [0.2, 0.25) is 0 Å². The highest BCUT2D eigenvalue weighted by molar-refractivity contribution is 6.06. The van der Waals surface area contributed by atoms with Crippen molar-refractivity contribution in [2.75, 3.05) is 5.32 Å². The number of rotatable bonds is 3. The summed E-state index contributed by atoms with van der Waals surface area (Å²) in [5.41, 5.74) is 2.92. The highest BCUT2D eigenvalue weighted by atomic mass is 16.2. The Labute approximate surface area is 134 Å². The number of anilines is 1. The van der Waals surface area contributed by atoms with Crippen LogP contribution in [0.25, 0.3) is 10.9 Å². The number of benzene rings is 1. The maximum atomic E-state index is 12.6. The lowest BCUT2D eigenvalue weighted by Gasteiger charge is -2.09. The Balaban J connectivity index is 2.05. The van der Waals surface area contributed by atoms with Gasteiger partial charge < -0.3 is 14.5 Å². The van der Waals surface area contributed by atoms with Crippen molar-refractivity contribution in [3.05, 3.63) is 64.2 Å². The molecule has 0 radical (unpaired) electrons. The normalized spacial score (nSPS) is 10.9. The second-order valence-corrected chi connectivity index (χ2v) is 5.56. The van der Waals surface area contributed by atoms with Crippen molar-refractivity contribution in [3.63, 3.8) is 0 Å². The Morgan fingerprint density at radius 2 is 1.96 bits per heavy atom. The molecule has 5 heteroatoms. The molecule has 0 aliphatic carbocycles. The Hall–Kier alpha value is -2.82. The lowest BCUT2D eigenvalue weighted by Crippen LogP contribution is -2.17. The summed E-state index contributed by atoms with van der Waals surface area (Å²) in [4.78, 5) is 25.0. The summed E-state index contributed by atoms with van der Waals surface area (Å²) in [5.74, 6) is -0.222. The van der Waals surface area contributed by atoms with E-state index in [1.165, 1.54) is 0 Å². The van der Waals surface area contributed by atoms with Crippen LogP contribution in [-0.2, 0) is 13.6 Å². The van der Waals surface area contributed by atoms with E-state index in [0.717, 1.165) is 16.8 Å². The van der Waals surface area contributed by atoms with Gasteiger partial charge in [0.25, 0.3) is 11.5 Å². The standard InChI is InChI=1S/C18H19N3O2/c1-4-21-10-9-15-13(18(21)23)11-16(20(15)3)17(22)19-14-8-6-5-7-12(14)2/h5-11H,4H2,1-3H3,(H,19,22). The number of carbonyl (C=O) groups is 1. The van der Waals surface area contributed by atoms with Gasteiger partial charge in [0.1, 0.15) is 5.69 Å². The molecule has 0 unspecified atom stereocenters. The fraction of sp³-hybridized carbons (Fsp3) is 0.222. The minimum atomic E-state index is -0.222. The second kappa shape index (κ2) is 5.76. The average molecular weight is 309 g/mol. The highest BCUT2D eigenvalue weighted by Crippen LogP contribution is 2.18. The van der Waals surface area contributed by atoms with Gasteiger partial charge in [0, 0.05) is 25.5 Å². The number of hydrogen-bond acceptors (Lipinski definition) is 2. The third-order valence-electron chi connectivity index (χ3n) is 4.15. The molecule has 0 fully saturated rings. The van der Waals surface area contributed by atoms with E-state index in [9.17, 15) is 9.59 Å². The molecule has 2 aromatic heterocycles. The molecule has 118 valence electrons. The molecule has 0 saturated carbocycles. The number of aryl methyl sites for hydroxylation is 3. The number of aromatic nitrogens is 2. The van der Waals surface area contributed by atoms with Crippen LogP contribution in [0.5, 0.6) is 0 Å². The molecular weight excluding hydrogens is 290 g/mol. The van der Waals surface area contributed by atoms with Gasteiger partial charge in [-0.3, -0.25) is 9.59 Å². The van der Waals surface area contributed by atoms with E-state index >= 15 is 0 Å². The van der Waals surface area contributed by atoms with E-state index in [0.29, 0.717) is 17.6 Å². The smallest absolute Gasteiger partial charge is 0.272 e. The Morgan fingerprint density at radius 3 is 2.65 bits per heavy atom. The number of hydrogen-bond donors (Lipinski definition) is 1. The van der Waals surface area contributed by atoms with Crippen molar-refractivity contribution in [2.24, 2.45) is 7.05 Å². The maximum Gasteiger partial charge on any atom is 0.272 e. The van der Waals surface area contributed by atoms with Crippen LogP contribution in [0.4, 0.5) is 5.69 Å². The Morgan fingerprint density at radius 1 is 1.22 bits per heavy atom. The summed E-state index contributed by atoms with van der Waals surface area (Å²) >= 11 is 0. The van der Waals surface area contributed by atoms with Gasteiger partial charge in [-0.2, -0.15) is 0 Å². The molecule has 23 heavy (non-hydrogen) atoms. The molecule has 3 rings (SSSR count). The fourth-order valence-electron chi connectivity index (χ4n) is 2.74. The minimum absolute atomic E-state index is 0.0736. The lowest BCUT2D eigenvalue weighted by atomic mass is 10.2. The zero-order chi connectivity index (χ0) is 16.6. The summed E-state index contributed by atoms with van der Waals surface area (Å²) < 4.78 is 3.38. The van der Waals surface area contributed by atoms with E-state index in [2.05, 4.69) is 5.32 Å². The quantitative estimate of drug-likeness (QED) is 0.809. The van der Waals surface area contributed by atoms with Crippen molar-refractivity contribution in [2.45, 2.75) is 20.4 Å². The molecule has 3 aromatic rings. The maximum absolute atomic E-state index is 12.6. The highest BCUT2D eigenvalue weighted by Gasteiger charge is 2.16. The van der Waals surface area contributed by atoms with E-state index in [1.807, 2.05) is 44.2 Å². The Bertz CT molecular complexity index is 951. The van der Waals surface area contributed by atoms with Gasteiger partial charge in [-0.1, -0.05) is 18.2 Å². The molecule has 0 saturated heterocycles. The molecular formula is C18H19N3O2. The zero-order valence-electron chi connectivity index (χ0n) is 13.5. The number of pyridine rings is 1. The molecule has 0 aliphatic heterocycles. The van der Waals surface area contributed by atoms with Crippen molar-refractivity contribution in [1.82, 2.24) is 9.13 Å². The molecule has 2 heterocycles. The molecule has 0 bridgehead atoms. The van der Waals surface area contributed by atoms with Crippen LogP contribution >= 0.6 is 0 Å². The molecule has 0 spiro atoms. The number of nitrogens with one attached hydrogen (secondary N) is 1. The van der Waals surface area contributed by atoms with Crippen LogP contribution < -0.4 is 10.9 Å². The monoisotopic (exact) mass is 309 g/mol. The van der Waals surface area contributed by atoms with E-state index in [-0.39, 0.29) is 11.5 Å². The van der Waals surface area contributed by atoms with Gasteiger partial charge in [0.15, 0.2) is 0 Å². The van der Waals surface area contributed by atoms with Crippen LogP contribution in [0.3, 0.4) is 0 Å². The first-order chi connectivity index (χ1) is 11.0. The molecule has 0 atom stereocenters. The van der Waals surface area contributed by atoms with Crippen LogP contribution in [0.15, 0.2) is 47.4 Å². The molecule has 5 nitrogen and oxygen atoms in total. The van der Waals surface area contributed by atoms with Gasteiger partial charge >= 0.3 is 0 Å². The van der Waals surface area contributed by atoms with Crippen molar-refractivity contribution < 1.29 is 4.79 Å². The summed E-state index contributed by atoms with van der Waals surface area (Å²) in [6.07, 6.45) is 1.76. The predicted molar refractivity (Wildman–Crippen MR) is 92.0 cm³/mol. The minimum Gasteiger partial charge on any atom is -0.339 e. The fourth-order valence-corrected chi connectivity index (χ4v) is 2.74. The van der Waals surface area contributed by atoms with Gasteiger partial charge in [0.05, 0.1) is 10.9 Å². The first-order valence-corrected chi connectivity index (χ1v) is 7.58. The average Bonchev–Trinajstić information content (AvgIpc) is 2.88. The summed E-state index contributed by atoms with van der Waals surface area (Å²) in [5, 5.41) is 3.47. The van der Waals surface area contributed by atoms with E-state index in [1.54, 1.807) is 28.4 Å². The number of para-hydroxylation sites is 1. The zero-order valence-corrected chi connectivity index (χ0v) is 13.5. The summed E-state index contributed by atoms with van der Waals surface area (Å²) in [6, 6.07) is 11.1. The Kier molecular flexibility index (Phi) is 3.78. The predicted octanol–water partition coefficient (Wildman–Crippen LogP) is 2.92. The van der Waals surface area contributed by atoms with Gasteiger partial charge in [-0.05, 0) is 37.6 Å². The van der Waals surface area contributed by atoms with E-state index in [4.69, 9.17) is 0 Å². The van der Waals surface area contributed by atoms with Crippen LogP contribution in [-0.4, -0.2) is 15.0 Å². The van der Waals surface area contributed by atoms with Crippen LogP contribution in [0.1, 0.15) is 23.0 Å². The topological polar surface area (TPSA) is 56.0 Å². The van der Waals surface area contributed by atoms with Gasteiger partial charge in [0.2, 0.25) is 0 Å². The number of fused-ring (bicyclic) bond motifs is 1. The molecule has 1 aromatic carbocycles. The van der Waals surface area contributed by atoms with Crippen molar-refractivity contribution >= 4 is 22.5 Å².